The van der Waals surface area contributed by atoms with Crippen LogP contribution >= 0.6 is 0 Å². The molecule has 0 aromatic heterocycles. The zero-order valence-corrected chi connectivity index (χ0v) is 14.2. The first-order chi connectivity index (χ1) is 10.9. The van der Waals surface area contributed by atoms with Crippen LogP contribution in [0.5, 0.6) is 0 Å². The van der Waals surface area contributed by atoms with Crippen molar-refractivity contribution < 1.29 is 14.4 Å². The Balaban J connectivity index is 2.22. The lowest BCUT2D eigenvalue weighted by Gasteiger charge is -2.33. The summed E-state index contributed by atoms with van der Waals surface area (Å²) >= 11 is 0. The fourth-order valence-electron chi connectivity index (χ4n) is 3.11. The number of nitrogens with zero attached hydrogens (tertiary/aromatic N) is 1. The van der Waals surface area contributed by atoms with E-state index in [9.17, 15) is 14.4 Å². The first-order valence-electron chi connectivity index (χ1n) is 8.31. The number of aldehydes is 1. The van der Waals surface area contributed by atoms with Crippen molar-refractivity contribution in [3.05, 3.63) is 29.3 Å². The van der Waals surface area contributed by atoms with E-state index in [4.69, 9.17) is 0 Å². The van der Waals surface area contributed by atoms with Crippen LogP contribution in [0.3, 0.4) is 0 Å². The molecule has 0 aliphatic carbocycles. The van der Waals surface area contributed by atoms with E-state index in [0.29, 0.717) is 23.5 Å². The van der Waals surface area contributed by atoms with E-state index >= 15 is 0 Å². The Hall–Kier alpha value is -1.97. The van der Waals surface area contributed by atoms with Crippen molar-refractivity contribution in [2.45, 2.75) is 40.0 Å². The second-order valence-corrected chi connectivity index (χ2v) is 6.64. The molecule has 2 rings (SSSR count). The Morgan fingerprint density at radius 1 is 1.22 bits per heavy atom. The highest BCUT2D eigenvalue weighted by atomic mass is 16.1. The molecule has 4 nitrogen and oxygen atoms in total. The van der Waals surface area contributed by atoms with Crippen molar-refractivity contribution in [3.8, 4) is 0 Å². The third-order valence-electron chi connectivity index (χ3n) is 4.58. The molecule has 0 saturated carbocycles. The zero-order valence-electron chi connectivity index (χ0n) is 14.2. The fourth-order valence-corrected chi connectivity index (χ4v) is 3.11. The standard InChI is InChI=1S/C19H25NO3/c1-13(2)19(23)17-5-4-16(12-18(17)14(3)22)20-9-6-15(7-10-20)8-11-21/h4-5,11-13,15H,6-10H2,1-3H3. The Labute approximate surface area is 137 Å². The molecule has 1 fully saturated rings. The van der Waals surface area contributed by atoms with E-state index in [-0.39, 0.29) is 17.5 Å². The number of carbonyl (C=O) groups excluding carboxylic acids is 3. The number of ketones is 2. The topological polar surface area (TPSA) is 54.5 Å². The number of hydrogen-bond acceptors (Lipinski definition) is 4. The quantitative estimate of drug-likeness (QED) is 0.595. The van der Waals surface area contributed by atoms with E-state index in [1.54, 1.807) is 6.07 Å². The molecule has 1 aliphatic rings. The lowest BCUT2D eigenvalue weighted by atomic mass is 9.92. The van der Waals surface area contributed by atoms with Gasteiger partial charge in [-0.2, -0.15) is 0 Å². The van der Waals surface area contributed by atoms with Gasteiger partial charge in [0.1, 0.15) is 6.29 Å². The van der Waals surface area contributed by atoms with Crippen molar-refractivity contribution in [2.24, 2.45) is 11.8 Å². The van der Waals surface area contributed by atoms with Gasteiger partial charge in [0.2, 0.25) is 0 Å². The lowest BCUT2D eigenvalue weighted by Crippen LogP contribution is -2.34. The maximum atomic E-state index is 12.3. The van der Waals surface area contributed by atoms with Gasteiger partial charge in [-0.05, 0) is 43.9 Å². The number of rotatable bonds is 6. The minimum absolute atomic E-state index is 0.00596. The van der Waals surface area contributed by atoms with Crippen LogP contribution in [0.25, 0.3) is 0 Å². The maximum absolute atomic E-state index is 12.3. The van der Waals surface area contributed by atoms with Crippen molar-refractivity contribution >= 4 is 23.5 Å². The van der Waals surface area contributed by atoms with Crippen LogP contribution in [0, 0.1) is 11.8 Å². The molecule has 0 spiro atoms. The van der Waals surface area contributed by atoms with Gasteiger partial charge in [-0.3, -0.25) is 9.59 Å². The Bertz CT molecular complexity index is 599. The molecule has 1 aromatic rings. The first-order valence-corrected chi connectivity index (χ1v) is 8.31. The predicted octanol–water partition coefficient (Wildman–Crippen LogP) is 3.53. The molecular formula is C19H25NO3. The molecule has 4 heteroatoms. The number of anilines is 1. The van der Waals surface area contributed by atoms with Crippen molar-refractivity contribution in [1.29, 1.82) is 0 Å². The van der Waals surface area contributed by atoms with E-state index in [2.05, 4.69) is 4.90 Å². The predicted molar refractivity (Wildman–Crippen MR) is 91.2 cm³/mol. The SMILES string of the molecule is CC(=O)c1cc(N2CCC(CC=O)CC2)ccc1C(=O)C(C)C. The summed E-state index contributed by atoms with van der Waals surface area (Å²) in [6.07, 6.45) is 3.61. The average Bonchev–Trinajstić information content (AvgIpc) is 2.54. The molecule has 1 heterocycles. The number of hydrogen-bond donors (Lipinski definition) is 0. The summed E-state index contributed by atoms with van der Waals surface area (Å²) in [6.45, 7) is 6.96. The second-order valence-electron chi connectivity index (χ2n) is 6.64. The van der Waals surface area contributed by atoms with Gasteiger partial charge >= 0.3 is 0 Å². The third-order valence-corrected chi connectivity index (χ3v) is 4.58. The lowest BCUT2D eigenvalue weighted by molar-refractivity contribution is -0.108. The number of piperidine rings is 1. The van der Waals surface area contributed by atoms with Crippen LogP contribution in [0.15, 0.2) is 18.2 Å². The maximum Gasteiger partial charge on any atom is 0.166 e. The van der Waals surface area contributed by atoms with Gasteiger partial charge in [0, 0.05) is 42.2 Å². The van der Waals surface area contributed by atoms with Crippen LogP contribution in [0.2, 0.25) is 0 Å². The summed E-state index contributed by atoms with van der Waals surface area (Å²) in [7, 11) is 0. The van der Waals surface area contributed by atoms with Crippen LogP contribution in [-0.2, 0) is 4.79 Å². The summed E-state index contributed by atoms with van der Waals surface area (Å²) in [6, 6.07) is 5.56. The highest BCUT2D eigenvalue weighted by molar-refractivity contribution is 6.09. The summed E-state index contributed by atoms with van der Waals surface area (Å²) < 4.78 is 0. The minimum Gasteiger partial charge on any atom is -0.371 e. The van der Waals surface area contributed by atoms with E-state index in [0.717, 1.165) is 37.9 Å². The van der Waals surface area contributed by atoms with Crippen molar-refractivity contribution in [2.75, 3.05) is 18.0 Å². The molecular weight excluding hydrogens is 290 g/mol. The van der Waals surface area contributed by atoms with Crippen LogP contribution in [0.1, 0.15) is 60.7 Å². The number of benzene rings is 1. The monoisotopic (exact) mass is 315 g/mol. The Morgan fingerprint density at radius 3 is 2.39 bits per heavy atom. The number of Topliss-reactive ketones (excluding diaryl/α,β-unsaturated/α-hetero) is 2. The molecule has 124 valence electrons. The highest BCUT2D eigenvalue weighted by Gasteiger charge is 2.22. The van der Waals surface area contributed by atoms with Gasteiger partial charge in [-0.25, -0.2) is 0 Å². The minimum atomic E-state index is -0.127. The van der Waals surface area contributed by atoms with Crippen LogP contribution in [0.4, 0.5) is 5.69 Å². The van der Waals surface area contributed by atoms with Crippen molar-refractivity contribution in [3.63, 3.8) is 0 Å². The summed E-state index contributed by atoms with van der Waals surface area (Å²) in [5.74, 6) is 0.272. The smallest absolute Gasteiger partial charge is 0.166 e. The molecule has 0 N–H and O–H groups in total. The van der Waals surface area contributed by atoms with E-state index in [1.807, 2.05) is 26.0 Å². The molecule has 1 aromatic carbocycles. The molecule has 1 aliphatic heterocycles. The molecule has 0 unspecified atom stereocenters. The Morgan fingerprint density at radius 2 is 1.87 bits per heavy atom. The second kappa shape index (κ2) is 7.53. The molecule has 23 heavy (non-hydrogen) atoms. The van der Waals surface area contributed by atoms with Gasteiger partial charge in [0.15, 0.2) is 11.6 Å². The summed E-state index contributed by atoms with van der Waals surface area (Å²) in [5, 5.41) is 0. The van der Waals surface area contributed by atoms with Gasteiger partial charge in [-0.15, -0.1) is 0 Å². The first kappa shape index (κ1) is 17.4. The fraction of sp³-hybridized carbons (Fsp3) is 0.526. The van der Waals surface area contributed by atoms with E-state index in [1.165, 1.54) is 6.92 Å². The third kappa shape index (κ3) is 4.06. The normalized spacial score (nSPS) is 15.7. The Kier molecular flexibility index (Phi) is 5.69. The molecule has 0 atom stereocenters. The molecule has 0 bridgehead atoms. The largest absolute Gasteiger partial charge is 0.371 e. The van der Waals surface area contributed by atoms with Crippen molar-refractivity contribution in [1.82, 2.24) is 0 Å². The molecule has 0 amide bonds. The number of carbonyl (C=O) groups is 3. The summed E-state index contributed by atoms with van der Waals surface area (Å²) in [5.41, 5.74) is 2.02. The molecule has 1 saturated heterocycles. The van der Waals surface area contributed by atoms with Gasteiger partial charge in [0.05, 0.1) is 0 Å². The van der Waals surface area contributed by atoms with Gasteiger partial charge in [-0.1, -0.05) is 13.8 Å². The summed E-state index contributed by atoms with van der Waals surface area (Å²) in [4.78, 5) is 37.1. The highest BCUT2D eigenvalue weighted by Crippen LogP contribution is 2.27. The zero-order chi connectivity index (χ0) is 17.0. The average molecular weight is 315 g/mol. The van der Waals surface area contributed by atoms with E-state index < -0.39 is 0 Å². The van der Waals surface area contributed by atoms with Crippen LogP contribution < -0.4 is 4.90 Å². The molecule has 0 radical (unpaired) electrons. The van der Waals surface area contributed by atoms with Gasteiger partial charge < -0.3 is 9.69 Å². The van der Waals surface area contributed by atoms with Crippen LogP contribution in [-0.4, -0.2) is 30.9 Å². The van der Waals surface area contributed by atoms with Gasteiger partial charge in [0.25, 0.3) is 0 Å².